The molecule has 0 aromatic rings. The number of nitrogens with zero attached hydrogens (tertiary/aromatic N) is 1. The van der Waals surface area contributed by atoms with Crippen LogP contribution >= 0.6 is 7.82 Å². The van der Waals surface area contributed by atoms with E-state index in [1.807, 2.05) is 21.1 Å². The fourth-order valence-corrected chi connectivity index (χ4v) is 8.11. The average molecular weight is 896 g/mol. The van der Waals surface area contributed by atoms with Gasteiger partial charge in [-0.15, -0.1) is 0 Å². The van der Waals surface area contributed by atoms with E-state index in [1.54, 1.807) is 0 Å². The summed E-state index contributed by atoms with van der Waals surface area (Å²) < 4.78 is 34.8. The normalized spacial score (nSPS) is 13.8. The van der Waals surface area contributed by atoms with Gasteiger partial charge in [0.2, 0.25) is 0 Å². The number of carbonyl (C=O) groups excluding carboxylic acids is 1. The van der Waals surface area contributed by atoms with Crippen LogP contribution in [0.4, 0.5) is 0 Å². The van der Waals surface area contributed by atoms with Gasteiger partial charge in [-0.1, -0.05) is 217 Å². The van der Waals surface area contributed by atoms with Crippen LogP contribution in [0.3, 0.4) is 0 Å². The predicted octanol–water partition coefficient (Wildman–Crippen LogP) is 15.5. The van der Waals surface area contributed by atoms with Gasteiger partial charge in [0.15, 0.2) is 0 Å². The molecule has 0 fully saturated rings. The molecule has 0 aliphatic heterocycles. The fourth-order valence-electron chi connectivity index (χ4n) is 7.38. The Morgan fingerprint density at radius 2 is 0.887 bits per heavy atom. The number of phosphoric ester groups is 1. The van der Waals surface area contributed by atoms with Crippen molar-refractivity contribution in [2.24, 2.45) is 0 Å². The van der Waals surface area contributed by atoms with Gasteiger partial charge in [-0.2, -0.15) is 0 Å². The fraction of sp³-hybridized carbons (Fsp3) is 0.868. The van der Waals surface area contributed by atoms with E-state index in [0.29, 0.717) is 24.1 Å². The number of carbonyl (C=O) groups is 1. The number of hydrogen-bond donors (Lipinski definition) is 0. The zero-order chi connectivity index (χ0) is 45.5. The standard InChI is InChI=1S/C53H102NO7P/c1-6-8-10-12-14-16-18-20-22-24-26-27-28-30-32-34-36-38-40-42-44-46-53(55)61-52(51-60-62(56,57)59-49-47-54(3,4)5)50-58-48-45-43-41-39-37-35-33-31-29-25-23-21-19-17-15-13-11-9-7-2/h18,20,24,26,28,30,52H,6-17,19,21-23,25,27,29,31-51H2,1-5H3/b20-18-,26-24-,30-28-. The maximum absolute atomic E-state index is 12.7. The maximum Gasteiger partial charge on any atom is 0.306 e. The molecule has 0 aromatic carbocycles. The molecule has 0 N–H and O–H groups in total. The number of ether oxygens (including phenoxy) is 2. The summed E-state index contributed by atoms with van der Waals surface area (Å²) in [5, 5.41) is 0. The van der Waals surface area contributed by atoms with Crippen molar-refractivity contribution in [3.05, 3.63) is 36.5 Å². The first kappa shape index (κ1) is 60.7. The number of unbranched alkanes of at least 4 members (excludes halogenated alkanes) is 29. The molecule has 0 radical (unpaired) electrons. The van der Waals surface area contributed by atoms with Crippen LogP contribution in [0.15, 0.2) is 36.5 Å². The Labute approximate surface area is 385 Å². The van der Waals surface area contributed by atoms with Gasteiger partial charge in [0.1, 0.15) is 19.3 Å². The third kappa shape index (κ3) is 49.7. The Hall–Kier alpha value is -1.28. The number of quaternary nitrogens is 1. The molecule has 0 heterocycles. The summed E-state index contributed by atoms with van der Waals surface area (Å²) in [6.45, 7) is 5.43. The van der Waals surface area contributed by atoms with Gasteiger partial charge >= 0.3 is 5.97 Å². The van der Waals surface area contributed by atoms with Gasteiger partial charge in [0.25, 0.3) is 7.82 Å². The first-order valence-corrected chi connectivity index (χ1v) is 27.7. The van der Waals surface area contributed by atoms with E-state index < -0.39 is 13.9 Å². The van der Waals surface area contributed by atoms with Gasteiger partial charge in [-0.3, -0.25) is 9.36 Å². The van der Waals surface area contributed by atoms with Crippen molar-refractivity contribution in [2.75, 3.05) is 54.1 Å². The number of likely N-dealkylation sites (N-methyl/N-ethyl adjacent to an activating group) is 1. The number of phosphoric acid groups is 1. The summed E-state index contributed by atoms with van der Waals surface area (Å²) in [5.41, 5.74) is 0. The predicted molar refractivity (Wildman–Crippen MR) is 263 cm³/mol. The van der Waals surface area contributed by atoms with Crippen LogP contribution in [0.2, 0.25) is 0 Å². The third-order valence-electron chi connectivity index (χ3n) is 11.4. The van der Waals surface area contributed by atoms with Gasteiger partial charge < -0.3 is 27.9 Å². The Bertz CT molecular complexity index is 1090. The lowest BCUT2D eigenvalue weighted by Gasteiger charge is -2.28. The van der Waals surface area contributed by atoms with Crippen molar-refractivity contribution in [3.8, 4) is 0 Å². The van der Waals surface area contributed by atoms with Crippen LogP contribution in [0.25, 0.3) is 0 Å². The molecule has 0 saturated carbocycles. The van der Waals surface area contributed by atoms with E-state index in [0.717, 1.165) is 57.8 Å². The first-order valence-electron chi connectivity index (χ1n) is 26.2. The van der Waals surface area contributed by atoms with Crippen molar-refractivity contribution in [3.63, 3.8) is 0 Å². The molecule has 0 bridgehead atoms. The highest BCUT2D eigenvalue weighted by Crippen LogP contribution is 2.38. The number of allylic oxidation sites excluding steroid dienone is 6. The number of hydrogen-bond acceptors (Lipinski definition) is 7. The zero-order valence-electron chi connectivity index (χ0n) is 41.6. The van der Waals surface area contributed by atoms with Crippen molar-refractivity contribution in [1.82, 2.24) is 0 Å². The van der Waals surface area contributed by atoms with Gasteiger partial charge in [0.05, 0.1) is 34.4 Å². The monoisotopic (exact) mass is 896 g/mol. The van der Waals surface area contributed by atoms with Crippen LogP contribution in [-0.2, 0) is 27.9 Å². The molecule has 0 amide bonds. The Balaban J connectivity index is 4.15. The highest BCUT2D eigenvalue weighted by molar-refractivity contribution is 7.45. The molecule has 0 aliphatic carbocycles. The topological polar surface area (TPSA) is 94.1 Å². The van der Waals surface area contributed by atoms with E-state index in [9.17, 15) is 14.3 Å². The lowest BCUT2D eigenvalue weighted by molar-refractivity contribution is -0.870. The van der Waals surface area contributed by atoms with E-state index >= 15 is 0 Å². The van der Waals surface area contributed by atoms with Crippen molar-refractivity contribution >= 4 is 13.8 Å². The summed E-state index contributed by atoms with van der Waals surface area (Å²) in [7, 11) is 1.35. The molecule has 0 aromatic heterocycles. The molecule has 62 heavy (non-hydrogen) atoms. The summed E-state index contributed by atoms with van der Waals surface area (Å²) in [5.74, 6) is -0.342. The van der Waals surface area contributed by atoms with E-state index in [4.69, 9.17) is 18.5 Å². The average Bonchev–Trinajstić information content (AvgIpc) is 3.23. The number of esters is 1. The van der Waals surface area contributed by atoms with Crippen molar-refractivity contribution < 1.29 is 37.3 Å². The highest BCUT2D eigenvalue weighted by Gasteiger charge is 2.20. The zero-order valence-corrected chi connectivity index (χ0v) is 42.5. The van der Waals surface area contributed by atoms with Crippen LogP contribution in [0.1, 0.15) is 239 Å². The molecule has 2 unspecified atom stereocenters. The molecule has 0 aliphatic rings. The molecule has 0 spiro atoms. The smallest absolute Gasteiger partial charge is 0.306 e. The summed E-state index contributed by atoms with van der Waals surface area (Å²) in [6.07, 6.45) is 55.9. The molecular formula is C53H102NO7P. The minimum absolute atomic E-state index is 0.0244. The summed E-state index contributed by atoms with van der Waals surface area (Å²) in [6, 6.07) is 0. The summed E-state index contributed by atoms with van der Waals surface area (Å²) >= 11 is 0. The lowest BCUT2D eigenvalue weighted by atomic mass is 10.0. The second kappa shape index (κ2) is 46.3. The van der Waals surface area contributed by atoms with Gasteiger partial charge in [0, 0.05) is 13.0 Å². The van der Waals surface area contributed by atoms with Crippen LogP contribution in [0.5, 0.6) is 0 Å². The molecule has 8 nitrogen and oxygen atoms in total. The lowest BCUT2D eigenvalue weighted by Crippen LogP contribution is -2.37. The van der Waals surface area contributed by atoms with Crippen molar-refractivity contribution in [1.29, 1.82) is 0 Å². The molecule has 0 saturated heterocycles. The highest BCUT2D eigenvalue weighted by atomic mass is 31.2. The minimum atomic E-state index is -4.53. The van der Waals surface area contributed by atoms with E-state index in [2.05, 4.69) is 50.3 Å². The Kier molecular flexibility index (Phi) is 45.3. The number of rotatable bonds is 49. The second-order valence-electron chi connectivity index (χ2n) is 18.9. The molecule has 0 rings (SSSR count). The second-order valence-corrected chi connectivity index (χ2v) is 20.3. The van der Waals surface area contributed by atoms with Crippen LogP contribution in [0, 0.1) is 0 Å². The van der Waals surface area contributed by atoms with Crippen molar-refractivity contribution in [2.45, 2.75) is 245 Å². The van der Waals surface area contributed by atoms with Gasteiger partial charge in [-0.25, -0.2) is 0 Å². The Morgan fingerprint density at radius 3 is 1.32 bits per heavy atom. The third-order valence-corrected chi connectivity index (χ3v) is 12.4. The molecular weight excluding hydrogens is 794 g/mol. The first-order chi connectivity index (χ1) is 30.1. The largest absolute Gasteiger partial charge is 0.756 e. The van der Waals surface area contributed by atoms with E-state index in [1.165, 1.54) is 161 Å². The molecule has 2 atom stereocenters. The van der Waals surface area contributed by atoms with E-state index in [-0.39, 0.29) is 25.8 Å². The maximum atomic E-state index is 12.7. The minimum Gasteiger partial charge on any atom is -0.756 e. The van der Waals surface area contributed by atoms with Crippen LogP contribution < -0.4 is 4.89 Å². The SMILES string of the molecule is CCCCCCC/C=C\C/C=C\C/C=C\CCCCCCCCC(=O)OC(COCCCCCCCCCCCCCCCCCCCCC)COP(=O)([O-])OCC[N+](C)(C)C. The molecule has 9 heteroatoms. The van der Waals surface area contributed by atoms with Crippen LogP contribution in [-0.4, -0.2) is 70.7 Å². The Morgan fingerprint density at radius 1 is 0.500 bits per heavy atom. The quantitative estimate of drug-likeness (QED) is 0.0197. The summed E-state index contributed by atoms with van der Waals surface area (Å²) in [4.78, 5) is 25.2. The molecule has 366 valence electrons. The van der Waals surface area contributed by atoms with Gasteiger partial charge in [-0.05, 0) is 51.4 Å².